The van der Waals surface area contributed by atoms with Crippen molar-refractivity contribution in [1.29, 1.82) is 0 Å². The van der Waals surface area contributed by atoms with Crippen LogP contribution in [0.3, 0.4) is 0 Å². The zero-order valence-corrected chi connectivity index (χ0v) is 12.2. The second kappa shape index (κ2) is 5.90. The van der Waals surface area contributed by atoms with E-state index in [1.54, 1.807) is 0 Å². The molecule has 0 saturated carbocycles. The number of carbonyl (C=O) groups excluding carboxylic acids is 1. The number of nitrogens with one attached hydrogen (secondary N) is 1. The Labute approximate surface area is 130 Å². The van der Waals surface area contributed by atoms with Crippen LogP contribution in [0.2, 0.25) is 0 Å². The standard InChI is InChI=1S/C19H18N2O/c20-16-11-5-6-12-17(16)21-19(13-7-2-8-14-19)18(22)15-9-3-1-4-10-15/h1-13,21H,14,20H2. The topological polar surface area (TPSA) is 55.1 Å². The molecule has 3 heteroatoms. The molecule has 22 heavy (non-hydrogen) atoms. The van der Waals surface area contributed by atoms with Crippen LogP contribution in [-0.2, 0) is 0 Å². The predicted octanol–water partition coefficient (Wildman–Crippen LogP) is 3.82. The van der Waals surface area contributed by atoms with Gasteiger partial charge in [0.2, 0.25) is 0 Å². The smallest absolute Gasteiger partial charge is 0.192 e. The largest absolute Gasteiger partial charge is 0.397 e. The molecule has 0 saturated heterocycles. The van der Waals surface area contributed by atoms with Gasteiger partial charge in [-0.05, 0) is 18.6 Å². The molecular formula is C19H18N2O. The van der Waals surface area contributed by atoms with E-state index in [4.69, 9.17) is 5.73 Å². The summed E-state index contributed by atoms with van der Waals surface area (Å²) in [6.07, 6.45) is 8.34. The molecule has 3 rings (SSSR count). The molecule has 0 bridgehead atoms. The number of hydrogen-bond donors (Lipinski definition) is 2. The van der Waals surface area contributed by atoms with Crippen LogP contribution in [0.25, 0.3) is 0 Å². The van der Waals surface area contributed by atoms with E-state index >= 15 is 0 Å². The molecule has 0 aromatic heterocycles. The first kappa shape index (κ1) is 14.1. The molecule has 0 fully saturated rings. The molecule has 3 N–H and O–H groups in total. The van der Waals surface area contributed by atoms with Crippen molar-refractivity contribution >= 4 is 17.2 Å². The lowest BCUT2D eigenvalue weighted by Crippen LogP contribution is -2.45. The van der Waals surface area contributed by atoms with Crippen molar-refractivity contribution in [2.24, 2.45) is 0 Å². The van der Waals surface area contributed by atoms with E-state index in [1.807, 2.05) is 78.9 Å². The third-order valence-electron chi connectivity index (χ3n) is 3.83. The average molecular weight is 290 g/mol. The summed E-state index contributed by atoms with van der Waals surface area (Å²) in [7, 11) is 0. The van der Waals surface area contributed by atoms with Gasteiger partial charge in [0.15, 0.2) is 5.78 Å². The van der Waals surface area contributed by atoms with Gasteiger partial charge < -0.3 is 11.1 Å². The first-order valence-electron chi connectivity index (χ1n) is 7.28. The number of ketones is 1. The van der Waals surface area contributed by atoms with Crippen LogP contribution < -0.4 is 11.1 Å². The molecule has 1 unspecified atom stereocenters. The highest BCUT2D eigenvalue weighted by atomic mass is 16.1. The minimum atomic E-state index is -0.800. The summed E-state index contributed by atoms with van der Waals surface area (Å²) >= 11 is 0. The lowest BCUT2D eigenvalue weighted by Gasteiger charge is -2.32. The van der Waals surface area contributed by atoms with Crippen LogP contribution in [-0.4, -0.2) is 11.3 Å². The normalized spacial score (nSPS) is 19.8. The summed E-state index contributed by atoms with van der Waals surface area (Å²) in [6.45, 7) is 0. The van der Waals surface area contributed by atoms with Crippen LogP contribution in [0, 0.1) is 0 Å². The van der Waals surface area contributed by atoms with Gasteiger partial charge in [0, 0.05) is 5.56 Å². The van der Waals surface area contributed by atoms with Crippen molar-refractivity contribution in [2.45, 2.75) is 12.0 Å². The summed E-state index contributed by atoms with van der Waals surface area (Å²) in [5.74, 6) is 0.0388. The second-order valence-electron chi connectivity index (χ2n) is 5.37. The first-order valence-corrected chi connectivity index (χ1v) is 7.28. The van der Waals surface area contributed by atoms with Crippen molar-refractivity contribution in [1.82, 2.24) is 0 Å². The molecule has 2 aromatic rings. The Balaban J connectivity index is 1.99. The molecule has 1 atom stereocenters. The lowest BCUT2D eigenvalue weighted by molar-refractivity contribution is 0.0934. The Kier molecular flexibility index (Phi) is 3.79. The zero-order chi connectivity index (χ0) is 15.4. The number of hydrogen-bond acceptors (Lipinski definition) is 3. The number of rotatable bonds is 4. The molecule has 3 nitrogen and oxygen atoms in total. The van der Waals surface area contributed by atoms with E-state index in [-0.39, 0.29) is 5.78 Å². The van der Waals surface area contributed by atoms with Crippen LogP contribution in [0.15, 0.2) is 78.9 Å². The quantitative estimate of drug-likeness (QED) is 0.665. The highest BCUT2D eigenvalue weighted by Gasteiger charge is 2.36. The van der Waals surface area contributed by atoms with Gasteiger partial charge in [-0.25, -0.2) is 0 Å². The fourth-order valence-electron chi connectivity index (χ4n) is 2.64. The number of carbonyl (C=O) groups is 1. The molecule has 110 valence electrons. The number of allylic oxidation sites excluding steroid dienone is 2. The third-order valence-corrected chi connectivity index (χ3v) is 3.83. The van der Waals surface area contributed by atoms with Gasteiger partial charge in [0.1, 0.15) is 5.54 Å². The maximum absolute atomic E-state index is 13.0. The summed E-state index contributed by atoms with van der Waals surface area (Å²) in [6, 6.07) is 16.8. The summed E-state index contributed by atoms with van der Waals surface area (Å²) < 4.78 is 0. The molecule has 0 amide bonds. The molecule has 0 spiro atoms. The Hall–Kier alpha value is -2.81. The Morgan fingerprint density at radius 2 is 1.73 bits per heavy atom. The van der Waals surface area contributed by atoms with Gasteiger partial charge >= 0.3 is 0 Å². The number of anilines is 2. The molecule has 0 heterocycles. The van der Waals surface area contributed by atoms with E-state index in [0.717, 1.165) is 5.69 Å². The van der Waals surface area contributed by atoms with Gasteiger partial charge in [0.05, 0.1) is 11.4 Å². The maximum atomic E-state index is 13.0. The number of nitrogen functional groups attached to an aromatic ring is 1. The fourth-order valence-corrected chi connectivity index (χ4v) is 2.64. The Morgan fingerprint density at radius 1 is 1.00 bits per heavy atom. The van der Waals surface area contributed by atoms with Crippen LogP contribution in [0.4, 0.5) is 11.4 Å². The first-order chi connectivity index (χ1) is 10.7. The SMILES string of the molecule is Nc1ccccc1NC1(C(=O)c2ccccc2)C=CC=CC1. The monoisotopic (exact) mass is 290 g/mol. The van der Waals surface area contributed by atoms with Gasteiger partial charge in [-0.3, -0.25) is 4.79 Å². The predicted molar refractivity (Wildman–Crippen MR) is 90.9 cm³/mol. The molecular weight excluding hydrogens is 272 g/mol. The van der Waals surface area contributed by atoms with E-state index in [9.17, 15) is 4.79 Å². The number of Topliss-reactive ketones (excluding diaryl/α,β-unsaturated/α-hetero) is 1. The number of para-hydroxylation sites is 2. The molecule has 0 radical (unpaired) electrons. The van der Waals surface area contributed by atoms with Crippen molar-refractivity contribution in [2.75, 3.05) is 11.1 Å². The van der Waals surface area contributed by atoms with Crippen molar-refractivity contribution in [3.05, 3.63) is 84.5 Å². The summed E-state index contributed by atoms with van der Waals surface area (Å²) in [5.41, 5.74) is 7.30. The van der Waals surface area contributed by atoms with Crippen molar-refractivity contribution < 1.29 is 4.79 Å². The fraction of sp³-hybridized carbons (Fsp3) is 0.105. The van der Waals surface area contributed by atoms with E-state index in [1.165, 1.54) is 0 Å². The van der Waals surface area contributed by atoms with Crippen molar-refractivity contribution in [3.63, 3.8) is 0 Å². The molecule has 0 aliphatic heterocycles. The van der Waals surface area contributed by atoms with E-state index in [2.05, 4.69) is 5.32 Å². The minimum absolute atomic E-state index is 0.0388. The Bertz CT molecular complexity index is 734. The number of nitrogens with two attached hydrogens (primary N) is 1. The van der Waals surface area contributed by atoms with Crippen LogP contribution in [0.1, 0.15) is 16.8 Å². The molecule has 2 aromatic carbocycles. The Morgan fingerprint density at radius 3 is 2.41 bits per heavy atom. The number of benzene rings is 2. The van der Waals surface area contributed by atoms with Gasteiger partial charge in [0.25, 0.3) is 0 Å². The van der Waals surface area contributed by atoms with Gasteiger partial charge in [-0.2, -0.15) is 0 Å². The molecule has 1 aliphatic rings. The summed E-state index contributed by atoms with van der Waals surface area (Å²) in [5, 5.41) is 3.35. The second-order valence-corrected chi connectivity index (χ2v) is 5.37. The third kappa shape index (κ3) is 2.66. The average Bonchev–Trinajstić information content (AvgIpc) is 2.58. The van der Waals surface area contributed by atoms with Crippen LogP contribution >= 0.6 is 0 Å². The van der Waals surface area contributed by atoms with E-state index in [0.29, 0.717) is 17.7 Å². The van der Waals surface area contributed by atoms with Crippen LogP contribution in [0.5, 0.6) is 0 Å². The summed E-state index contributed by atoms with van der Waals surface area (Å²) in [4.78, 5) is 13.0. The molecule has 1 aliphatic carbocycles. The zero-order valence-electron chi connectivity index (χ0n) is 12.2. The van der Waals surface area contributed by atoms with Crippen molar-refractivity contribution in [3.8, 4) is 0 Å². The van der Waals surface area contributed by atoms with Gasteiger partial charge in [-0.15, -0.1) is 0 Å². The lowest BCUT2D eigenvalue weighted by atomic mass is 9.83. The van der Waals surface area contributed by atoms with E-state index < -0.39 is 5.54 Å². The highest BCUT2D eigenvalue weighted by Crippen LogP contribution is 2.30. The maximum Gasteiger partial charge on any atom is 0.192 e. The minimum Gasteiger partial charge on any atom is -0.397 e. The highest BCUT2D eigenvalue weighted by molar-refractivity contribution is 6.07. The van der Waals surface area contributed by atoms with Gasteiger partial charge in [-0.1, -0.05) is 66.8 Å².